The number of aromatic nitrogens is 3. The maximum absolute atomic E-state index is 12.3. The third kappa shape index (κ3) is 5.41. The fraction of sp³-hybridized carbons (Fsp3) is 0.250. The molecule has 0 saturated heterocycles. The van der Waals surface area contributed by atoms with Crippen molar-refractivity contribution in [2.45, 2.75) is 25.4 Å². The lowest BCUT2D eigenvalue weighted by Gasteiger charge is -2.14. The first kappa shape index (κ1) is 22.3. The van der Waals surface area contributed by atoms with Crippen LogP contribution < -0.4 is 21.3 Å². The molecule has 3 rings (SSSR count). The Kier molecular flexibility index (Phi) is 6.73. The molecule has 1 aromatic carbocycles. The van der Waals surface area contributed by atoms with E-state index in [4.69, 9.17) is 20.7 Å². The molecular weight excluding hydrogens is 422 g/mol. The highest BCUT2D eigenvalue weighted by Crippen LogP contribution is 2.14. The maximum atomic E-state index is 12.3. The molecule has 0 fully saturated rings. The summed E-state index contributed by atoms with van der Waals surface area (Å²) in [4.78, 5) is 52.7. The molecular formula is C20H21N5O7. The Balaban J connectivity index is 1.57. The van der Waals surface area contributed by atoms with Crippen molar-refractivity contribution in [1.82, 2.24) is 19.9 Å². The highest BCUT2D eigenvalue weighted by molar-refractivity contribution is 5.96. The van der Waals surface area contributed by atoms with Crippen molar-refractivity contribution >= 4 is 34.8 Å². The number of anilines is 1. The van der Waals surface area contributed by atoms with Crippen LogP contribution in [0.4, 0.5) is 5.95 Å². The standard InChI is InChI=1S/C20H21N5O7/c21-20-23-13-7-8-25(16(13)18(29)24-20)9-10-32-12-3-1-11(2-4-12)17(28)22-14(19(30)31)5-6-15(26)27/h1-4,7-8,14H,5-6,9-10H2,(H,22,28)(H,26,27)(H,30,31)(H3,21,23,24,29)/t14-/m0/s1. The number of amides is 1. The molecule has 0 aliphatic rings. The van der Waals surface area contributed by atoms with Crippen molar-refractivity contribution in [3.8, 4) is 5.75 Å². The van der Waals surface area contributed by atoms with Crippen LogP contribution in [0.2, 0.25) is 0 Å². The van der Waals surface area contributed by atoms with Gasteiger partial charge in [-0.2, -0.15) is 0 Å². The number of H-pyrrole nitrogens is 1. The van der Waals surface area contributed by atoms with Crippen molar-refractivity contribution < 1.29 is 29.3 Å². The van der Waals surface area contributed by atoms with Crippen LogP contribution in [-0.4, -0.2) is 55.2 Å². The predicted molar refractivity (Wildman–Crippen MR) is 112 cm³/mol. The third-order valence-corrected chi connectivity index (χ3v) is 4.61. The molecule has 0 aliphatic heterocycles. The number of rotatable bonds is 10. The molecule has 0 aliphatic carbocycles. The minimum atomic E-state index is -1.31. The Morgan fingerprint density at radius 3 is 2.56 bits per heavy atom. The summed E-state index contributed by atoms with van der Waals surface area (Å²) in [6, 6.07) is 6.39. The zero-order valence-corrected chi connectivity index (χ0v) is 16.8. The highest BCUT2D eigenvalue weighted by atomic mass is 16.5. The lowest BCUT2D eigenvalue weighted by Crippen LogP contribution is -2.41. The number of ether oxygens (including phenoxy) is 1. The molecule has 12 heteroatoms. The summed E-state index contributed by atoms with van der Waals surface area (Å²) in [5.41, 5.74) is 6.24. The molecule has 12 nitrogen and oxygen atoms in total. The van der Waals surface area contributed by atoms with Crippen molar-refractivity contribution in [2.24, 2.45) is 0 Å². The largest absolute Gasteiger partial charge is 0.492 e. The van der Waals surface area contributed by atoms with Gasteiger partial charge in [-0.25, -0.2) is 9.78 Å². The van der Waals surface area contributed by atoms with Crippen LogP contribution in [0.5, 0.6) is 5.75 Å². The van der Waals surface area contributed by atoms with E-state index < -0.39 is 23.9 Å². The summed E-state index contributed by atoms with van der Waals surface area (Å²) in [6.07, 6.45) is 1.10. The van der Waals surface area contributed by atoms with Crippen LogP contribution in [0.15, 0.2) is 41.3 Å². The Morgan fingerprint density at radius 1 is 1.19 bits per heavy atom. The van der Waals surface area contributed by atoms with Gasteiger partial charge in [0.15, 0.2) is 0 Å². The van der Waals surface area contributed by atoms with E-state index >= 15 is 0 Å². The monoisotopic (exact) mass is 443 g/mol. The summed E-state index contributed by atoms with van der Waals surface area (Å²) in [6.45, 7) is 0.597. The van der Waals surface area contributed by atoms with Gasteiger partial charge >= 0.3 is 11.9 Å². The number of aliphatic carboxylic acids is 2. The number of carbonyl (C=O) groups is 3. The quantitative estimate of drug-likeness (QED) is 0.296. The van der Waals surface area contributed by atoms with Gasteiger partial charge in [0.1, 0.15) is 23.9 Å². The molecule has 1 amide bonds. The van der Waals surface area contributed by atoms with E-state index in [1.165, 1.54) is 12.1 Å². The molecule has 0 bridgehead atoms. The van der Waals surface area contributed by atoms with Gasteiger partial charge < -0.3 is 30.6 Å². The average Bonchev–Trinajstić information content (AvgIpc) is 3.14. The number of benzene rings is 1. The number of nitrogens with zero attached hydrogens (tertiary/aromatic N) is 2. The van der Waals surface area contributed by atoms with E-state index in [-0.39, 0.29) is 36.5 Å². The normalized spacial score (nSPS) is 11.8. The zero-order valence-electron chi connectivity index (χ0n) is 16.8. The van der Waals surface area contributed by atoms with Crippen LogP contribution in [-0.2, 0) is 16.1 Å². The van der Waals surface area contributed by atoms with Gasteiger partial charge in [0.05, 0.1) is 12.1 Å². The van der Waals surface area contributed by atoms with Crippen LogP contribution in [0.25, 0.3) is 11.0 Å². The van der Waals surface area contributed by atoms with Crippen LogP contribution in [0, 0.1) is 0 Å². The highest BCUT2D eigenvalue weighted by Gasteiger charge is 2.21. The summed E-state index contributed by atoms with van der Waals surface area (Å²) >= 11 is 0. The van der Waals surface area contributed by atoms with Gasteiger partial charge in [-0.1, -0.05) is 0 Å². The summed E-state index contributed by atoms with van der Waals surface area (Å²) in [5, 5.41) is 20.1. The second-order valence-corrected chi connectivity index (χ2v) is 6.86. The average molecular weight is 443 g/mol. The van der Waals surface area contributed by atoms with Gasteiger partial charge in [0, 0.05) is 18.2 Å². The molecule has 6 N–H and O–H groups in total. The van der Waals surface area contributed by atoms with Crippen LogP contribution >= 0.6 is 0 Å². The van der Waals surface area contributed by atoms with E-state index in [1.807, 2.05) is 0 Å². The first-order chi connectivity index (χ1) is 15.2. The SMILES string of the molecule is Nc1nc2ccn(CCOc3ccc(C(=O)N[C@@H](CCC(=O)O)C(=O)O)cc3)c2c(=O)[nH]1. The number of carbonyl (C=O) groups excluding carboxylic acids is 1. The second kappa shape index (κ2) is 9.64. The number of fused-ring (bicyclic) bond motifs is 1. The first-order valence-corrected chi connectivity index (χ1v) is 9.57. The number of nitrogens with two attached hydrogens (primary N) is 1. The molecule has 168 valence electrons. The van der Waals surface area contributed by atoms with Gasteiger partial charge in [0.2, 0.25) is 5.95 Å². The maximum Gasteiger partial charge on any atom is 0.326 e. The summed E-state index contributed by atoms with van der Waals surface area (Å²) in [5.74, 6) is -2.59. The number of nitrogen functional groups attached to an aromatic ring is 1. The van der Waals surface area contributed by atoms with Crippen LogP contribution in [0.1, 0.15) is 23.2 Å². The molecule has 1 atom stereocenters. The van der Waals surface area contributed by atoms with Gasteiger partial charge in [-0.15, -0.1) is 0 Å². The topological polar surface area (TPSA) is 190 Å². The second-order valence-electron chi connectivity index (χ2n) is 6.86. The van der Waals surface area contributed by atoms with E-state index in [0.29, 0.717) is 23.3 Å². The Hall–Kier alpha value is -4.35. The van der Waals surface area contributed by atoms with E-state index in [0.717, 1.165) is 0 Å². The minimum Gasteiger partial charge on any atom is -0.492 e. The minimum absolute atomic E-state index is 0.0391. The number of nitrogens with one attached hydrogen (secondary N) is 2. The third-order valence-electron chi connectivity index (χ3n) is 4.61. The number of carboxylic acid groups (broad SMARTS) is 2. The lowest BCUT2D eigenvalue weighted by atomic mass is 10.1. The first-order valence-electron chi connectivity index (χ1n) is 9.57. The van der Waals surface area contributed by atoms with Gasteiger partial charge in [-0.3, -0.25) is 19.4 Å². The van der Waals surface area contributed by atoms with Crippen molar-refractivity contribution in [3.05, 3.63) is 52.4 Å². The molecule has 2 aromatic heterocycles. The number of hydrogen-bond donors (Lipinski definition) is 5. The fourth-order valence-electron chi connectivity index (χ4n) is 3.05. The molecule has 0 saturated carbocycles. The Labute approximate surface area is 180 Å². The predicted octanol–water partition coefficient (Wildman–Crippen LogP) is 0.434. The molecule has 32 heavy (non-hydrogen) atoms. The smallest absolute Gasteiger partial charge is 0.326 e. The number of hydrogen-bond acceptors (Lipinski definition) is 7. The van der Waals surface area contributed by atoms with E-state index in [9.17, 15) is 19.2 Å². The molecule has 2 heterocycles. The fourth-order valence-corrected chi connectivity index (χ4v) is 3.05. The summed E-state index contributed by atoms with van der Waals surface area (Å²) < 4.78 is 7.33. The Bertz CT molecular complexity index is 1200. The molecule has 3 aromatic rings. The Morgan fingerprint density at radius 2 is 1.91 bits per heavy atom. The molecule has 0 radical (unpaired) electrons. The lowest BCUT2D eigenvalue weighted by molar-refractivity contribution is -0.140. The van der Waals surface area contributed by atoms with E-state index in [2.05, 4.69) is 15.3 Å². The van der Waals surface area contributed by atoms with Crippen molar-refractivity contribution in [3.63, 3.8) is 0 Å². The molecule has 0 unspecified atom stereocenters. The molecule has 0 spiro atoms. The van der Waals surface area contributed by atoms with Gasteiger partial charge in [-0.05, 0) is 36.8 Å². The van der Waals surface area contributed by atoms with Crippen molar-refractivity contribution in [1.29, 1.82) is 0 Å². The number of aromatic amines is 1. The summed E-state index contributed by atoms with van der Waals surface area (Å²) in [7, 11) is 0. The van der Waals surface area contributed by atoms with Crippen molar-refractivity contribution in [2.75, 3.05) is 12.3 Å². The van der Waals surface area contributed by atoms with Crippen LogP contribution in [0.3, 0.4) is 0 Å². The zero-order chi connectivity index (χ0) is 23.3. The number of carboxylic acids is 2. The van der Waals surface area contributed by atoms with Gasteiger partial charge in [0.25, 0.3) is 11.5 Å². The van der Waals surface area contributed by atoms with E-state index in [1.54, 1.807) is 29.0 Å².